The monoisotopic (exact) mass is 218 g/mol. The Labute approximate surface area is 88.7 Å². The fourth-order valence-corrected chi connectivity index (χ4v) is 0.713. The number of rotatable bonds is 3. The van der Waals surface area contributed by atoms with Gasteiger partial charge in [-0.1, -0.05) is 0 Å². The number of aliphatic carboxylic acids is 1. The summed E-state index contributed by atoms with van der Waals surface area (Å²) in [6, 6.07) is -0.510. The number of hydrogen-bond donors (Lipinski definition) is 4. The van der Waals surface area contributed by atoms with Gasteiger partial charge < -0.3 is 20.8 Å². The molecule has 6 heteroatoms. The van der Waals surface area contributed by atoms with Gasteiger partial charge in [-0.05, 0) is 27.7 Å². The third-order valence-electron chi connectivity index (χ3n) is 1.54. The molecule has 0 aromatic carbocycles. The third-order valence-corrected chi connectivity index (χ3v) is 1.54. The summed E-state index contributed by atoms with van der Waals surface area (Å²) >= 11 is 0. The molecule has 0 aliphatic heterocycles. The van der Waals surface area contributed by atoms with Gasteiger partial charge in [0.25, 0.3) is 0 Å². The van der Waals surface area contributed by atoms with Crippen LogP contribution < -0.4 is 10.6 Å². The first-order chi connectivity index (χ1) is 6.54. The number of aliphatic hydroxyl groups is 1. The molecule has 0 bridgehead atoms. The molecule has 4 N–H and O–H groups in total. The van der Waals surface area contributed by atoms with E-state index in [1.54, 1.807) is 20.8 Å². The van der Waals surface area contributed by atoms with Gasteiger partial charge in [0, 0.05) is 5.54 Å². The number of urea groups is 1. The zero-order chi connectivity index (χ0) is 12.3. The van der Waals surface area contributed by atoms with E-state index in [4.69, 9.17) is 5.11 Å². The van der Waals surface area contributed by atoms with Crippen LogP contribution in [-0.4, -0.2) is 39.9 Å². The van der Waals surface area contributed by atoms with E-state index in [-0.39, 0.29) is 6.54 Å². The van der Waals surface area contributed by atoms with E-state index < -0.39 is 23.1 Å². The molecule has 88 valence electrons. The predicted molar refractivity (Wildman–Crippen MR) is 54.5 cm³/mol. The van der Waals surface area contributed by atoms with Gasteiger partial charge in [0.2, 0.25) is 0 Å². The van der Waals surface area contributed by atoms with Crippen molar-refractivity contribution >= 4 is 12.0 Å². The molecule has 0 saturated heterocycles. The normalized spacial score (nSPS) is 15.3. The Hall–Kier alpha value is -1.30. The zero-order valence-corrected chi connectivity index (χ0v) is 9.42. The minimum absolute atomic E-state index is 0.343. The maximum Gasteiger partial charge on any atom is 0.337 e. The van der Waals surface area contributed by atoms with E-state index in [0.29, 0.717) is 0 Å². The fraction of sp³-hybridized carbons (Fsp3) is 0.778. The lowest BCUT2D eigenvalue weighted by molar-refractivity contribution is -0.155. The molecule has 6 nitrogen and oxygen atoms in total. The summed E-state index contributed by atoms with van der Waals surface area (Å²) in [5.74, 6) is -1.38. The van der Waals surface area contributed by atoms with Crippen LogP contribution in [0.25, 0.3) is 0 Å². The second kappa shape index (κ2) is 4.48. The Kier molecular flexibility index (Phi) is 4.09. The Morgan fingerprint density at radius 1 is 1.20 bits per heavy atom. The molecular formula is C9H18N2O4. The molecule has 0 fully saturated rings. The van der Waals surface area contributed by atoms with Crippen LogP contribution in [0.2, 0.25) is 0 Å². The molecule has 2 amide bonds. The Morgan fingerprint density at radius 3 is 2.00 bits per heavy atom. The first-order valence-electron chi connectivity index (χ1n) is 4.56. The molecule has 0 aromatic rings. The van der Waals surface area contributed by atoms with Crippen LogP contribution in [-0.2, 0) is 4.79 Å². The van der Waals surface area contributed by atoms with Crippen molar-refractivity contribution in [3.8, 4) is 0 Å². The molecule has 0 radical (unpaired) electrons. The quantitative estimate of drug-likeness (QED) is 0.532. The van der Waals surface area contributed by atoms with Crippen molar-refractivity contribution in [1.29, 1.82) is 0 Å². The van der Waals surface area contributed by atoms with Gasteiger partial charge in [-0.15, -0.1) is 0 Å². The molecule has 15 heavy (non-hydrogen) atoms. The van der Waals surface area contributed by atoms with E-state index in [9.17, 15) is 14.7 Å². The summed E-state index contributed by atoms with van der Waals surface area (Å²) in [6.45, 7) is 6.16. The van der Waals surface area contributed by atoms with E-state index >= 15 is 0 Å². The number of carbonyl (C=O) groups excluding carboxylic acids is 1. The number of hydrogen-bond acceptors (Lipinski definition) is 3. The highest BCUT2D eigenvalue weighted by atomic mass is 16.4. The Morgan fingerprint density at radius 2 is 1.67 bits per heavy atom. The molecule has 0 heterocycles. The van der Waals surface area contributed by atoms with Gasteiger partial charge in [-0.2, -0.15) is 0 Å². The Bertz CT molecular complexity index is 255. The molecule has 0 aromatic heterocycles. The minimum Gasteiger partial charge on any atom is -0.479 e. The Balaban J connectivity index is 4.07. The lowest BCUT2D eigenvalue weighted by Gasteiger charge is -2.23. The maximum atomic E-state index is 11.2. The van der Waals surface area contributed by atoms with Crippen molar-refractivity contribution in [3.05, 3.63) is 0 Å². The zero-order valence-electron chi connectivity index (χ0n) is 9.42. The average Bonchev–Trinajstić information content (AvgIpc) is 1.97. The lowest BCUT2D eigenvalue weighted by Crippen LogP contribution is -2.52. The van der Waals surface area contributed by atoms with Crippen LogP contribution in [0.5, 0.6) is 0 Å². The van der Waals surface area contributed by atoms with Gasteiger partial charge in [0.05, 0.1) is 6.54 Å². The van der Waals surface area contributed by atoms with E-state index in [1.807, 2.05) is 0 Å². The molecule has 0 aliphatic rings. The predicted octanol–water partition coefficient (Wildman–Crippen LogP) is -0.0803. The van der Waals surface area contributed by atoms with E-state index in [0.717, 1.165) is 6.92 Å². The fourth-order valence-electron chi connectivity index (χ4n) is 0.713. The lowest BCUT2D eigenvalue weighted by atomic mass is 10.1. The van der Waals surface area contributed by atoms with E-state index in [2.05, 4.69) is 10.6 Å². The molecular weight excluding hydrogens is 200 g/mol. The second-order valence-corrected chi connectivity index (χ2v) is 4.64. The summed E-state index contributed by atoms with van der Waals surface area (Å²) in [5, 5.41) is 22.7. The van der Waals surface area contributed by atoms with Gasteiger partial charge in [0.15, 0.2) is 5.60 Å². The topological polar surface area (TPSA) is 98.7 Å². The SMILES string of the molecule is CC(C)(C)NC(=O)NCC(C)(O)C(=O)O. The summed E-state index contributed by atoms with van der Waals surface area (Å²) in [6.07, 6.45) is 0. The van der Waals surface area contributed by atoms with Crippen molar-refractivity contribution in [1.82, 2.24) is 10.6 Å². The summed E-state index contributed by atoms with van der Waals surface area (Å²) in [5.41, 5.74) is -2.35. The van der Waals surface area contributed by atoms with Gasteiger partial charge >= 0.3 is 12.0 Å². The molecule has 0 aliphatic carbocycles. The molecule has 1 atom stereocenters. The van der Waals surface area contributed by atoms with Crippen LogP contribution in [0.15, 0.2) is 0 Å². The molecule has 1 unspecified atom stereocenters. The molecule has 0 spiro atoms. The number of carboxylic acid groups (broad SMARTS) is 1. The highest BCUT2D eigenvalue weighted by Gasteiger charge is 2.30. The van der Waals surface area contributed by atoms with Gasteiger partial charge in [0.1, 0.15) is 0 Å². The number of carbonyl (C=O) groups is 2. The third kappa shape index (κ3) is 5.90. The van der Waals surface area contributed by atoms with Crippen molar-refractivity contribution < 1.29 is 19.8 Å². The van der Waals surface area contributed by atoms with Gasteiger partial charge in [-0.25, -0.2) is 9.59 Å². The smallest absolute Gasteiger partial charge is 0.337 e. The molecule has 0 saturated carbocycles. The molecule has 0 rings (SSSR count). The summed E-state index contributed by atoms with van der Waals surface area (Å²) in [7, 11) is 0. The van der Waals surface area contributed by atoms with Gasteiger partial charge in [-0.3, -0.25) is 0 Å². The first-order valence-corrected chi connectivity index (χ1v) is 4.56. The highest BCUT2D eigenvalue weighted by molar-refractivity contribution is 5.79. The van der Waals surface area contributed by atoms with Crippen LogP contribution >= 0.6 is 0 Å². The number of nitrogens with one attached hydrogen (secondary N) is 2. The maximum absolute atomic E-state index is 11.2. The van der Waals surface area contributed by atoms with Crippen molar-refractivity contribution in [3.63, 3.8) is 0 Å². The van der Waals surface area contributed by atoms with Crippen molar-refractivity contribution in [2.24, 2.45) is 0 Å². The summed E-state index contributed by atoms with van der Waals surface area (Å²) in [4.78, 5) is 21.7. The highest BCUT2D eigenvalue weighted by Crippen LogP contribution is 2.01. The number of amides is 2. The largest absolute Gasteiger partial charge is 0.479 e. The minimum atomic E-state index is -1.95. The van der Waals surface area contributed by atoms with Crippen LogP contribution in [0.4, 0.5) is 4.79 Å². The van der Waals surface area contributed by atoms with E-state index in [1.165, 1.54) is 0 Å². The van der Waals surface area contributed by atoms with Crippen LogP contribution in [0, 0.1) is 0 Å². The standard InChI is InChI=1S/C9H18N2O4/c1-8(2,3)11-7(14)10-5-9(4,15)6(12)13/h15H,5H2,1-4H3,(H,12,13)(H2,10,11,14). The van der Waals surface area contributed by atoms with Crippen molar-refractivity contribution in [2.75, 3.05) is 6.54 Å². The average molecular weight is 218 g/mol. The number of carboxylic acids is 1. The second-order valence-electron chi connectivity index (χ2n) is 4.64. The van der Waals surface area contributed by atoms with Crippen LogP contribution in [0.3, 0.4) is 0 Å². The first kappa shape index (κ1) is 13.7. The summed E-state index contributed by atoms with van der Waals surface area (Å²) < 4.78 is 0. The van der Waals surface area contributed by atoms with Crippen molar-refractivity contribution in [2.45, 2.75) is 38.8 Å². The van der Waals surface area contributed by atoms with Crippen LogP contribution in [0.1, 0.15) is 27.7 Å².